The van der Waals surface area contributed by atoms with Crippen LogP contribution in [0.5, 0.6) is 11.5 Å². The van der Waals surface area contributed by atoms with E-state index in [4.69, 9.17) is 9.47 Å². The average molecular weight is 344 g/mol. The fourth-order valence-corrected chi connectivity index (χ4v) is 2.80. The predicted molar refractivity (Wildman–Crippen MR) is 95.2 cm³/mol. The number of nitrogens with zero attached hydrogens (tertiary/aromatic N) is 4. The molecular weight excluding hydrogens is 320 g/mol. The monoisotopic (exact) mass is 344 g/mol. The molecule has 1 aliphatic heterocycles. The molecule has 0 saturated carbocycles. The first-order chi connectivity index (χ1) is 12.2. The third-order valence-electron chi connectivity index (χ3n) is 4.18. The van der Waals surface area contributed by atoms with E-state index in [1.807, 2.05) is 30.3 Å². The van der Waals surface area contributed by atoms with E-state index >= 15 is 0 Å². The summed E-state index contributed by atoms with van der Waals surface area (Å²) in [5, 5.41) is 10.2. The largest absolute Gasteiger partial charge is 0.497 e. The Morgan fingerprint density at radius 3 is 2.32 bits per heavy atom. The van der Waals surface area contributed by atoms with E-state index in [2.05, 4.69) is 19.8 Å². The number of hydrogen-bond donors (Lipinski definition) is 1. The summed E-state index contributed by atoms with van der Waals surface area (Å²) in [5.41, 5.74) is 0. The molecule has 3 rings (SSSR count). The minimum absolute atomic E-state index is 0.272. The molecule has 25 heavy (non-hydrogen) atoms. The first-order valence-electron chi connectivity index (χ1n) is 8.44. The van der Waals surface area contributed by atoms with E-state index in [1.54, 1.807) is 19.5 Å². The van der Waals surface area contributed by atoms with Crippen LogP contribution in [-0.2, 0) is 0 Å². The van der Waals surface area contributed by atoms with Crippen LogP contribution in [0.15, 0.2) is 42.7 Å². The molecule has 1 aliphatic rings. The van der Waals surface area contributed by atoms with Gasteiger partial charge in [0.15, 0.2) is 0 Å². The fourth-order valence-electron chi connectivity index (χ4n) is 2.80. The molecule has 1 N–H and O–H groups in total. The first-order valence-corrected chi connectivity index (χ1v) is 8.44. The van der Waals surface area contributed by atoms with Crippen LogP contribution in [-0.4, -0.2) is 72.5 Å². The number of rotatable bonds is 7. The van der Waals surface area contributed by atoms with Crippen molar-refractivity contribution in [1.82, 2.24) is 14.9 Å². The molecule has 0 radical (unpaired) electrons. The van der Waals surface area contributed by atoms with Crippen LogP contribution >= 0.6 is 0 Å². The first kappa shape index (κ1) is 17.4. The van der Waals surface area contributed by atoms with Crippen LogP contribution in [0.3, 0.4) is 0 Å². The highest BCUT2D eigenvalue weighted by Crippen LogP contribution is 2.17. The Morgan fingerprint density at radius 1 is 1.04 bits per heavy atom. The van der Waals surface area contributed by atoms with E-state index in [9.17, 15) is 5.11 Å². The molecule has 1 atom stereocenters. The second-order valence-corrected chi connectivity index (χ2v) is 5.98. The van der Waals surface area contributed by atoms with Gasteiger partial charge in [0.05, 0.1) is 7.11 Å². The Labute approximate surface area is 147 Å². The second-order valence-electron chi connectivity index (χ2n) is 5.98. The van der Waals surface area contributed by atoms with Crippen LogP contribution in [0.1, 0.15) is 0 Å². The van der Waals surface area contributed by atoms with Crippen LogP contribution in [0.2, 0.25) is 0 Å². The number of hydrogen-bond acceptors (Lipinski definition) is 7. The van der Waals surface area contributed by atoms with Crippen molar-refractivity contribution in [2.45, 2.75) is 6.10 Å². The molecule has 1 aromatic carbocycles. The molecule has 0 aliphatic carbocycles. The van der Waals surface area contributed by atoms with Gasteiger partial charge in [-0.15, -0.1) is 0 Å². The molecule has 0 spiro atoms. The lowest BCUT2D eigenvalue weighted by atomic mass is 10.2. The van der Waals surface area contributed by atoms with Crippen molar-refractivity contribution in [3.63, 3.8) is 0 Å². The number of aromatic nitrogens is 2. The van der Waals surface area contributed by atoms with E-state index < -0.39 is 6.10 Å². The van der Waals surface area contributed by atoms with Gasteiger partial charge in [-0.25, -0.2) is 9.97 Å². The molecule has 7 nitrogen and oxygen atoms in total. The Morgan fingerprint density at radius 2 is 1.68 bits per heavy atom. The fraction of sp³-hybridized carbons (Fsp3) is 0.444. The van der Waals surface area contributed by atoms with Gasteiger partial charge in [0.25, 0.3) is 0 Å². The van der Waals surface area contributed by atoms with Crippen LogP contribution < -0.4 is 14.4 Å². The smallest absolute Gasteiger partial charge is 0.225 e. The topological polar surface area (TPSA) is 71.0 Å². The molecule has 1 fully saturated rings. The van der Waals surface area contributed by atoms with Crippen molar-refractivity contribution >= 4 is 5.95 Å². The molecule has 134 valence electrons. The van der Waals surface area contributed by atoms with E-state index in [1.165, 1.54) is 0 Å². The number of methoxy groups -OCH3 is 1. The highest BCUT2D eigenvalue weighted by molar-refractivity contribution is 5.31. The Hall–Kier alpha value is -2.38. The third kappa shape index (κ3) is 5.04. The lowest BCUT2D eigenvalue weighted by Crippen LogP contribution is -2.49. The summed E-state index contributed by atoms with van der Waals surface area (Å²) in [5.74, 6) is 2.28. The van der Waals surface area contributed by atoms with Gasteiger partial charge in [0.2, 0.25) is 5.95 Å². The van der Waals surface area contributed by atoms with E-state index in [0.29, 0.717) is 6.54 Å². The van der Waals surface area contributed by atoms with Gasteiger partial charge in [-0.2, -0.15) is 0 Å². The number of anilines is 1. The van der Waals surface area contributed by atoms with Crippen molar-refractivity contribution in [1.29, 1.82) is 0 Å². The zero-order chi connectivity index (χ0) is 17.5. The molecule has 2 heterocycles. The molecule has 0 amide bonds. The number of piperazine rings is 1. The van der Waals surface area contributed by atoms with Crippen molar-refractivity contribution in [3.05, 3.63) is 42.7 Å². The molecule has 0 unspecified atom stereocenters. The number of aliphatic hydroxyl groups excluding tert-OH is 1. The van der Waals surface area contributed by atoms with Gasteiger partial charge in [0, 0.05) is 45.1 Å². The maximum atomic E-state index is 10.2. The molecule has 1 aromatic heterocycles. The lowest BCUT2D eigenvalue weighted by molar-refractivity contribution is 0.0662. The molecular formula is C18H24N4O3. The molecule has 2 aromatic rings. The highest BCUT2D eigenvalue weighted by Gasteiger charge is 2.20. The van der Waals surface area contributed by atoms with Gasteiger partial charge in [-0.3, -0.25) is 4.90 Å². The predicted octanol–water partition coefficient (Wildman–Crippen LogP) is 1.05. The number of ether oxygens (including phenoxy) is 2. The number of benzene rings is 1. The molecule has 1 saturated heterocycles. The quantitative estimate of drug-likeness (QED) is 0.805. The van der Waals surface area contributed by atoms with Gasteiger partial charge in [-0.1, -0.05) is 0 Å². The number of β-amino-alcohol motifs (C(OH)–C–C–N with tert-alkyl or cyclic N) is 1. The minimum Gasteiger partial charge on any atom is -0.497 e. The van der Waals surface area contributed by atoms with E-state index in [0.717, 1.165) is 43.6 Å². The molecule has 7 heteroatoms. The van der Waals surface area contributed by atoms with Crippen LogP contribution in [0.4, 0.5) is 5.95 Å². The summed E-state index contributed by atoms with van der Waals surface area (Å²) in [6, 6.07) is 9.17. The van der Waals surface area contributed by atoms with Crippen LogP contribution in [0, 0.1) is 0 Å². The molecule has 0 bridgehead atoms. The lowest BCUT2D eigenvalue weighted by Gasteiger charge is -2.35. The number of aliphatic hydroxyl groups is 1. The normalized spacial score (nSPS) is 16.5. The summed E-state index contributed by atoms with van der Waals surface area (Å²) in [6.45, 7) is 4.33. The zero-order valence-corrected chi connectivity index (χ0v) is 14.4. The van der Waals surface area contributed by atoms with Crippen molar-refractivity contribution < 1.29 is 14.6 Å². The van der Waals surface area contributed by atoms with Gasteiger partial charge in [0.1, 0.15) is 24.2 Å². The summed E-state index contributed by atoms with van der Waals surface area (Å²) in [7, 11) is 1.63. The minimum atomic E-state index is -0.526. The Bertz CT molecular complexity index is 631. The standard InChI is InChI=1S/C18H24N4O3/c1-24-16-3-5-17(6-4-16)25-14-15(23)13-21-9-11-22(12-10-21)18-19-7-2-8-20-18/h2-8,15,23H,9-14H2,1H3/t15-/m0/s1. The summed E-state index contributed by atoms with van der Waals surface area (Å²) >= 11 is 0. The Kier molecular flexibility index (Phi) is 6.03. The third-order valence-corrected chi connectivity index (χ3v) is 4.18. The average Bonchev–Trinajstić information content (AvgIpc) is 2.68. The zero-order valence-electron chi connectivity index (χ0n) is 14.4. The second kappa shape index (κ2) is 8.64. The maximum absolute atomic E-state index is 10.2. The van der Waals surface area contributed by atoms with Crippen LogP contribution in [0.25, 0.3) is 0 Å². The Balaban J connectivity index is 1.39. The van der Waals surface area contributed by atoms with Gasteiger partial charge < -0.3 is 19.5 Å². The van der Waals surface area contributed by atoms with E-state index in [-0.39, 0.29) is 6.61 Å². The van der Waals surface area contributed by atoms with Gasteiger partial charge in [-0.05, 0) is 30.3 Å². The maximum Gasteiger partial charge on any atom is 0.225 e. The highest BCUT2D eigenvalue weighted by atomic mass is 16.5. The SMILES string of the molecule is COc1ccc(OC[C@@H](O)CN2CCN(c3ncccn3)CC2)cc1. The summed E-state index contributed by atoms with van der Waals surface area (Å²) in [4.78, 5) is 13.0. The van der Waals surface area contributed by atoms with Crippen molar-refractivity contribution in [2.75, 3.05) is 51.3 Å². The van der Waals surface area contributed by atoms with Crippen molar-refractivity contribution in [2.24, 2.45) is 0 Å². The summed E-state index contributed by atoms with van der Waals surface area (Å²) in [6.07, 6.45) is 2.99. The summed E-state index contributed by atoms with van der Waals surface area (Å²) < 4.78 is 10.7. The van der Waals surface area contributed by atoms with Gasteiger partial charge >= 0.3 is 0 Å². The van der Waals surface area contributed by atoms with Crippen molar-refractivity contribution in [3.8, 4) is 11.5 Å².